The third kappa shape index (κ3) is 2.18. The summed E-state index contributed by atoms with van der Waals surface area (Å²) < 4.78 is 38.8. The van der Waals surface area contributed by atoms with E-state index in [2.05, 4.69) is 4.98 Å². The molecule has 0 bridgehead atoms. The van der Waals surface area contributed by atoms with Crippen LogP contribution in [-0.2, 0) is 15.0 Å². The maximum absolute atomic E-state index is 12.7. The summed E-state index contributed by atoms with van der Waals surface area (Å²) in [6, 6.07) is -0.358. The summed E-state index contributed by atoms with van der Waals surface area (Å²) in [6.07, 6.45) is 0.353. The average molecular weight is 278 g/mol. The van der Waals surface area contributed by atoms with Crippen LogP contribution in [0.15, 0.2) is 10.6 Å². The van der Waals surface area contributed by atoms with Crippen LogP contribution in [0.4, 0.5) is 9.90 Å². The first-order valence-electron chi connectivity index (χ1n) is 4.72. The Morgan fingerprint density at radius 2 is 2.28 bits per heavy atom. The van der Waals surface area contributed by atoms with Gasteiger partial charge in [-0.1, -0.05) is 0 Å². The SMILES string of the molecule is O=C(O)c1cnc(N2CC(S(=O)(=O)F)CC2=O)o1. The van der Waals surface area contributed by atoms with Gasteiger partial charge in [0.25, 0.3) is 0 Å². The molecule has 18 heavy (non-hydrogen) atoms. The smallest absolute Gasteiger partial charge is 0.373 e. The Morgan fingerprint density at radius 3 is 2.72 bits per heavy atom. The van der Waals surface area contributed by atoms with Crippen molar-refractivity contribution in [2.24, 2.45) is 0 Å². The van der Waals surface area contributed by atoms with Crippen LogP contribution in [0.3, 0.4) is 0 Å². The summed E-state index contributed by atoms with van der Waals surface area (Å²) in [6.45, 7) is -0.447. The molecule has 0 radical (unpaired) electrons. The predicted octanol–water partition coefficient (Wildman–Crippen LogP) is -0.223. The van der Waals surface area contributed by atoms with E-state index in [1.807, 2.05) is 0 Å². The standard InChI is InChI=1S/C8H7FN2O6S/c9-18(15,16)4-1-6(12)11(3-4)8-10-2-5(17-8)7(13)14/h2,4H,1,3H2,(H,13,14). The largest absolute Gasteiger partial charge is 0.475 e. The Hall–Kier alpha value is -1.97. The Balaban J connectivity index is 2.24. The Morgan fingerprint density at radius 1 is 1.61 bits per heavy atom. The van der Waals surface area contributed by atoms with Gasteiger partial charge in [-0.05, 0) is 0 Å². The first-order chi connectivity index (χ1) is 8.29. The van der Waals surface area contributed by atoms with Crippen LogP contribution in [0.25, 0.3) is 0 Å². The van der Waals surface area contributed by atoms with Crippen molar-refractivity contribution in [3.05, 3.63) is 12.0 Å². The summed E-state index contributed by atoms with van der Waals surface area (Å²) in [7, 11) is -4.83. The zero-order valence-electron chi connectivity index (χ0n) is 8.74. The Labute approximate surface area is 100 Å². The van der Waals surface area contributed by atoms with E-state index < -0.39 is 46.1 Å². The molecule has 98 valence electrons. The molecular weight excluding hydrogens is 271 g/mol. The second-order valence-electron chi connectivity index (χ2n) is 3.62. The maximum atomic E-state index is 12.7. The maximum Gasteiger partial charge on any atom is 0.373 e. The van der Waals surface area contributed by atoms with Crippen molar-refractivity contribution in [3.8, 4) is 0 Å². The van der Waals surface area contributed by atoms with E-state index in [9.17, 15) is 21.9 Å². The number of carboxylic acid groups (broad SMARTS) is 1. The van der Waals surface area contributed by atoms with Gasteiger partial charge in [0, 0.05) is 6.42 Å². The number of nitrogens with zero attached hydrogens (tertiary/aromatic N) is 2. The highest BCUT2D eigenvalue weighted by atomic mass is 32.3. The van der Waals surface area contributed by atoms with Gasteiger partial charge in [-0.25, -0.2) is 9.78 Å². The summed E-state index contributed by atoms with van der Waals surface area (Å²) in [4.78, 5) is 26.3. The fourth-order valence-electron chi connectivity index (χ4n) is 1.54. The van der Waals surface area contributed by atoms with Gasteiger partial charge in [0.15, 0.2) is 0 Å². The lowest BCUT2D eigenvalue weighted by Crippen LogP contribution is -2.27. The number of halogens is 1. The number of amides is 1. The number of carbonyl (C=O) groups is 2. The molecule has 1 fully saturated rings. The molecule has 1 aromatic heterocycles. The summed E-state index contributed by atoms with van der Waals surface area (Å²) in [5.41, 5.74) is 0. The molecule has 0 saturated carbocycles. The molecular formula is C8H7FN2O6S. The number of hydrogen-bond donors (Lipinski definition) is 1. The van der Waals surface area contributed by atoms with Crippen LogP contribution in [0.5, 0.6) is 0 Å². The molecule has 1 aliphatic heterocycles. The number of carbonyl (C=O) groups excluding carboxylic acids is 1. The lowest BCUT2D eigenvalue weighted by Gasteiger charge is -2.09. The number of carboxylic acids is 1. The zero-order chi connectivity index (χ0) is 13.5. The zero-order valence-corrected chi connectivity index (χ0v) is 9.55. The van der Waals surface area contributed by atoms with Crippen molar-refractivity contribution < 1.29 is 31.4 Å². The molecule has 1 saturated heterocycles. The first-order valence-corrected chi connectivity index (χ1v) is 6.16. The van der Waals surface area contributed by atoms with Crippen LogP contribution < -0.4 is 4.90 Å². The van der Waals surface area contributed by atoms with Crippen molar-refractivity contribution in [3.63, 3.8) is 0 Å². The van der Waals surface area contributed by atoms with Gasteiger partial charge in [-0.3, -0.25) is 9.69 Å². The molecule has 1 amide bonds. The average Bonchev–Trinajstić information content (AvgIpc) is 2.81. The van der Waals surface area contributed by atoms with E-state index in [1.165, 1.54) is 0 Å². The Kier molecular flexibility index (Phi) is 2.81. The van der Waals surface area contributed by atoms with E-state index in [4.69, 9.17) is 9.52 Å². The molecule has 1 aliphatic rings. The molecule has 0 aliphatic carbocycles. The topological polar surface area (TPSA) is 118 Å². The molecule has 2 heterocycles. The summed E-state index contributed by atoms with van der Waals surface area (Å²) >= 11 is 0. The monoisotopic (exact) mass is 278 g/mol. The fraction of sp³-hybridized carbons (Fsp3) is 0.375. The molecule has 2 rings (SSSR count). The molecule has 0 aromatic carbocycles. The predicted molar refractivity (Wildman–Crippen MR) is 54.2 cm³/mol. The second kappa shape index (κ2) is 4.05. The minimum atomic E-state index is -4.83. The minimum absolute atomic E-state index is 0.358. The van der Waals surface area contributed by atoms with Gasteiger partial charge in [-0.15, -0.1) is 3.89 Å². The number of aromatic nitrogens is 1. The molecule has 1 N–H and O–H groups in total. The molecule has 0 spiro atoms. The van der Waals surface area contributed by atoms with Crippen LogP contribution in [0.2, 0.25) is 0 Å². The van der Waals surface area contributed by atoms with Crippen molar-refractivity contribution >= 4 is 28.1 Å². The van der Waals surface area contributed by atoms with E-state index >= 15 is 0 Å². The first kappa shape index (κ1) is 12.5. The molecule has 1 aromatic rings. The van der Waals surface area contributed by atoms with Crippen LogP contribution in [0.1, 0.15) is 17.0 Å². The van der Waals surface area contributed by atoms with E-state index in [-0.39, 0.29) is 6.01 Å². The van der Waals surface area contributed by atoms with Gasteiger partial charge in [0.2, 0.25) is 11.7 Å². The number of anilines is 1. The van der Waals surface area contributed by atoms with Gasteiger partial charge >= 0.3 is 22.2 Å². The minimum Gasteiger partial charge on any atom is -0.475 e. The quantitative estimate of drug-likeness (QED) is 0.759. The number of rotatable bonds is 3. The molecule has 8 nitrogen and oxygen atoms in total. The summed E-state index contributed by atoms with van der Waals surface area (Å²) in [5.74, 6) is -2.57. The van der Waals surface area contributed by atoms with Crippen molar-refractivity contribution in [2.45, 2.75) is 11.7 Å². The number of oxazole rings is 1. The van der Waals surface area contributed by atoms with Crippen LogP contribution >= 0.6 is 0 Å². The molecule has 1 atom stereocenters. The highest BCUT2D eigenvalue weighted by Crippen LogP contribution is 2.25. The second-order valence-corrected chi connectivity index (χ2v) is 5.24. The van der Waals surface area contributed by atoms with Gasteiger partial charge in [-0.2, -0.15) is 8.42 Å². The van der Waals surface area contributed by atoms with Gasteiger partial charge in [0.05, 0.1) is 12.7 Å². The van der Waals surface area contributed by atoms with Gasteiger partial charge < -0.3 is 9.52 Å². The highest BCUT2D eigenvalue weighted by molar-refractivity contribution is 7.87. The number of hydrogen-bond acceptors (Lipinski definition) is 6. The summed E-state index contributed by atoms with van der Waals surface area (Å²) in [5, 5.41) is 7.11. The lowest BCUT2D eigenvalue weighted by atomic mass is 10.4. The molecule has 10 heteroatoms. The van der Waals surface area contributed by atoms with Crippen LogP contribution in [-0.4, -0.2) is 42.2 Å². The third-order valence-corrected chi connectivity index (χ3v) is 3.53. The van der Waals surface area contributed by atoms with E-state index in [0.29, 0.717) is 0 Å². The van der Waals surface area contributed by atoms with E-state index in [0.717, 1.165) is 11.1 Å². The molecule has 1 unspecified atom stereocenters. The Bertz CT molecular complexity index is 609. The fourth-order valence-corrected chi connectivity index (χ4v) is 2.21. The lowest BCUT2D eigenvalue weighted by molar-refractivity contribution is -0.117. The van der Waals surface area contributed by atoms with Gasteiger partial charge in [0.1, 0.15) is 5.25 Å². The normalized spacial score (nSPS) is 20.4. The highest BCUT2D eigenvalue weighted by Gasteiger charge is 2.41. The van der Waals surface area contributed by atoms with Crippen molar-refractivity contribution in [2.75, 3.05) is 11.4 Å². The van der Waals surface area contributed by atoms with Crippen LogP contribution in [0, 0.1) is 0 Å². The van der Waals surface area contributed by atoms with Crippen molar-refractivity contribution in [1.82, 2.24) is 4.98 Å². The van der Waals surface area contributed by atoms with E-state index in [1.54, 1.807) is 0 Å². The third-order valence-electron chi connectivity index (χ3n) is 2.42. The number of aromatic carboxylic acids is 1. The van der Waals surface area contributed by atoms with Crippen molar-refractivity contribution in [1.29, 1.82) is 0 Å².